The second-order valence-electron chi connectivity index (χ2n) is 3.78. The van der Waals surface area contributed by atoms with Gasteiger partial charge in [0.15, 0.2) is 0 Å². The second kappa shape index (κ2) is 4.52. The highest BCUT2D eigenvalue weighted by Crippen LogP contribution is 2.20. The third-order valence-electron chi connectivity index (χ3n) is 2.10. The minimum Gasteiger partial charge on any atom is -0.399 e. The Morgan fingerprint density at radius 1 is 1.38 bits per heavy atom. The van der Waals surface area contributed by atoms with Gasteiger partial charge in [0.25, 0.3) is 0 Å². The molecule has 1 nitrogen and oxygen atoms in total. The molecule has 0 amide bonds. The molecule has 2 N–H and O–H groups in total. The zero-order valence-corrected chi connectivity index (χ0v) is 8.93. The number of rotatable bonds is 3. The highest BCUT2D eigenvalue weighted by atomic mass is 35.5. The molecule has 13 heavy (non-hydrogen) atoms. The van der Waals surface area contributed by atoms with E-state index >= 15 is 0 Å². The van der Waals surface area contributed by atoms with E-state index in [1.807, 2.05) is 18.2 Å². The standard InChI is InChI=1S/C11H16ClN/c1-8(2)3-4-9-7-10(12)5-6-11(9)13/h5-8H,3-4,13H2,1-2H3. The van der Waals surface area contributed by atoms with Crippen molar-refractivity contribution in [3.05, 3.63) is 28.8 Å². The Balaban J connectivity index is 2.70. The Bertz CT molecular complexity index is 281. The summed E-state index contributed by atoms with van der Waals surface area (Å²) in [6.45, 7) is 4.42. The van der Waals surface area contributed by atoms with Gasteiger partial charge in [-0.15, -0.1) is 0 Å². The van der Waals surface area contributed by atoms with Crippen LogP contribution in [-0.2, 0) is 6.42 Å². The summed E-state index contributed by atoms with van der Waals surface area (Å²) >= 11 is 5.88. The van der Waals surface area contributed by atoms with Gasteiger partial charge in [0.2, 0.25) is 0 Å². The van der Waals surface area contributed by atoms with Crippen LogP contribution in [0.25, 0.3) is 0 Å². The summed E-state index contributed by atoms with van der Waals surface area (Å²) in [4.78, 5) is 0. The van der Waals surface area contributed by atoms with Gasteiger partial charge in [-0.1, -0.05) is 25.4 Å². The van der Waals surface area contributed by atoms with Gasteiger partial charge in [0.05, 0.1) is 0 Å². The molecule has 0 aliphatic heterocycles. The Hall–Kier alpha value is -0.690. The first-order valence-electron chi connectivity index (χ1n) is 4.63. The molecular formula is C11H16ClN. The van der Waals surface area contributed by atoms with E-state index < -0.39 is 0 Å². The second-order valence-corrected chi connectivity index (χ2v) is 4.21. The summed E-state index contributed by atoms with van der Waals surface area (Å²) in [6, 6.07) is 5.66. The first-order chi connectivity index (χ1) is 6.09. The summed E-state index contributed by atoms with van der Waals surface area (Å²) < 4.78 is 0. The number of benzene rings is 1. The fraction of sp³-hybridized carbons (Fsp3) is 0.455. The Morgan fingerprint density at radius 2 is 2.08 bits per heavy atom. The van der Waals surface area contributed by atoms with E-state index in [-0.39, 0.29) is 0 Å². The molecule has 0 aromatic heterocycles. The van der Waals surface area contributed by atoms with Gasteiger partial charge in [0.1, 0.15) is 0 Å². The van der Waals surface area contributed by atoms with Crippen LogP contribution in [0, 0.1) is 5.92 Å². The van der Waals surface area contributed by atoms with Crippen molar-refractivity contribution in [2.75, 3.05) is 5.73 Å². The van der Waals surface area contributed by atoms with Crippen LogP contribution in [0.1, 0.15) is 25.8 Å². The van der Waals surface area contributed by atoms with E-state index in [0.29, 0.717) is 5.92 Å². The monoisotopic (exact) mass is 197 g/mol. The Morgan fingerprint density at radius 3 is 2.69 bits per heavy atom. The van der Waals surface area contributed by atoms with Crippen molar-refractivity contribution < 1.29 is 0 Å². The van der Waals surface area contributed by atoms with Crippen molar-refractivity contribution in [2.24, 2.45) is 5.92 Å². The van der Waals surface area contributed by atoms with Crippen molar-refractivity contribution in [3.63, 3.8) is 0 Å². The maximum absolute atomic E-state index is 5.88. The smallest absolute Gasteiger partial charge is 0.0410 e. The molecule has 72 valence electrons. The molecule has 0 spiro atoms. The highest BCUT2D eigenvalue weighted by molar-refractivity contribution is 6.30. The van der Waals surface area contributed by atoms with Crippen molar-refractivity contribution in [1.82, 2.24) is 0 Å². The summed E-state index contributed by atoms with van der Waals surface area (Å²) in [6.07, 6.45) is 2.18. The van der Waals surface area contributed by atoms with Crippen molar-refractivity contribution in [1.29, 1.82) is 0 Å². The lowest BCUT2D eigenvalue weighted by Gasteiger charge is -2.07. The lowest BCUT2D eigenvalue weighted by Crippen LogP contribution is -1.97. The van der Waals surface area contributed by atoms with Crippen LogP contribution in [0.2, 0.25) is 5.02 Å². The maximum atomic E-state index is 5.88. The molecule has 0 radical (unpaired) electrons. The molecule has 0 saturated carbocycles. The van der Waals surface area contributed by atoms with Crippen LogP contribution in [0.4, 0.5) is 5.69 Å². The SMILES string of the molecule is CC(C)CCc1cc(Cl)ccc1N. The molecule has 1 rings (SSSR count). The molecule has 0 fully saturated rings. The van der Waals surface area contributed by atoms with Crippen LogP contribution in [0.3, 0.4) is 0 Å². The zero-order valence-electron chi connectivity index (χ0n) is 8.18. The van der Waals surface area contributed by atoms with E-state index in [1.54, 1.807) is 0 Å². The number of anilines is 1. The van der Waals surface area contributed by atoms with Gasteiger partial charge >= 0.3 is 0 Å². The lowest BCUT2D eigenvalue weighted by molar-refractivity contribution is 0.587. The fourth-order valence-electron chi connectivity index (χ4n) is 1.24. The Labute approximate surface area is 84.9 Å². The summed E-state index contributed by atoms with van der Waals surface area (Å²) in [7, 11) is 0. The number of hydrogen-bond acceptors (Lipinski definition) is 1. The van der Waals surface area contributed by atoms with Crippen LogP contribution < -0.4 is 5.73 Å². The Kier molecular flexibility index (Phi) is 3.61. The summed E-state index contributed by atoms with van der Waals surface area (Å²) in [5.74, 6) is 0.707. The zero-order chi connectivity index (χ0) is 9.84. The number of halogens is 1. The molecule has 2 heteroatoms. The first kappa shape index (κ1) is 10.4. The molecule has 0 atom stereocenters. The number of nitrogens with two attached hydrogens (primary N) is 1. The van der Waals surface area contributed by atoms with E-state index in [4.69, 9.17) is 17.3 Å². The average molecular weight is 198 g/mol. The first-order valence-corrected chi connectivity index (χ1v) is 5.01. The van der Waals surface area contributed by atoms with Gasteiger partial charge in [-0.25, -0.2) is 0 Å². The predicted molar refractivity (Wildman–Crippen MR) is 59.0 cm³/mol. The minimum absolute atomic E-state index is 0.707. The van der Waals surface area contributed by atoms with E-state index in [2.05, 4.69) is 13.8 Å². The average Bonchev–Trinajstić information content (AvgIpc) is 2.06. The van der Waals surface area contributed by atoms with Crippen LogP contribution in [0.5, 0.6) is 0 Å². The van der Waals surface area contributed by atoms with Crippen molar-refractivity contribution in [3.8, 4) is 0 Å². The lowest BCUT2D eigenvalue weighted by atomic mass is 10.0. The molecular weight excluding hydrogens is 182 g/mol. The van der Waals surface area contributed by atoms with Crippen molar-refractivity contribution in [2.45, 2.75) is 26.7 Å². The van der Waals surface area contributed by atoms with Crippen LogP contribution in [-0.4, -0.2) is 0 Å². The topological polar surface area (TPSA) is 26.0 Å². The van der Waals surface area contributed by atoms with Gasteiger partial charge in [-0.3, -0.25) is 0 Å². The van der Waals surface area contributed by atoms with Crippen molar-refractivity contribution >= 4 is 17.3 Å². The summed E-state index contributed by atoms with van der Waals surface area (Å²) in [5.41, 5.74) is 7.84. The minimum atomic E-state index is 0.707. The molecule has 0 saturated heterocycles. The van der Waals surface area contributed by atoms with Gasteiger partial charge in [-0.2, -0.15) is 0 Å². The van der Waals surface area contributed by atoms with E-state index in [9.17, 15) is 0 Å². The fourth-order valence-corrected chi connectivity index (χ4v) is 1.43. The molecule has 1 aromatic carbocycles. The molecule has 0 aliphatic rings. The highest BCUT2D eigenvalue weighted by Gasteiger charge is 2.01. The van der Waals surface area contributed by atoms with Gasteiger partial charge < -0.3 is 5.73 Å². The molecule has 0 bridgehead atoms. The molecule has 0 aliphatic carbocycles. The predicted octanol–water partition coefficient (Wildman–Crippen LogP) is 3.51. The molecule has 1 aromatic rings. The normalized spacial score (nSPS) is 10.8. The van der Waals surface area contributed by atoms with Gasteiger partial charge in [0, 0.05) is 10.7 Å². The third-order valence-corrected chi connectivity index (χ3v) is 2.33. The largest absolute Gasteiger partial charge is 0.399 e. The number of hydrogen-bond donors (Lipinski definition) is 1. The number of nitrogen functional groups attached to an aromatic ring is 1. The quantitative estimate of drug-likeness (QED) is 0.738. The van der Waals surface area contributed by atoms with Crippen LogP contribution in [0.15, 0.2) is 18.2 Å². The third kappa shape index (κ3) is 3.27. The van der Waals surface area contributed by atoms with Crippen LogP contribution >= 0.6 is 11.6 Å². The maximum Gasteiger partial charge on any atom is 0.0410 e. The molecule has 0 heterocycles. The number of aryl methyl sites for hydroxylation is 1. The van der Waals surface area contributed by atoms with E-state index in [1.165, 1.54) is 5.56 Å². The van der Waals surface area contributed by atoms with Gasteiger partial charge in [-0.05, 0) is 42.5 Å². The molecule has 0 unspecified atom stereocenters. The van der Waals surface area contributed by atoms with E-state index in [0.717, 1.165) is 23.6 Å². The summed E-state index contributed by atoms with van der Waals surface area (Å²) in [5, 5.41) is 0.771.